The Hall–Kier alpha value is -2.74. The van der Waals surface area contributed by atoms with Gasteiger partial charge in [-0.05, 0) is 31.2 Å². The molecule has 2 aromatic rings. The zero-order valence-electron chi connectivity index (χ0n) is 15.8. The Morgan fingerprint density at radius 1 is 1.21 bits per heavy atom. The molecule has 1 saturated carbocycles. The summed E-state index contributed by atoms with van der Waals surface area (Å²) >= 11 is 0. The normalized spacial score (nSPS) is 21.8. The number of nitrogens with one attached hydrogen (secondary N) is 2. The first-order chi connectivity index (χ1) is 13.6. The van der Waals surface area contributed by atoms with Crippen LogP contribution >= 0.6 is 0 Å². The number of hydrogen-bond donors (Lipinski definition) is 3. The molecule has 2 amide bonds. The lowest BCUT2D eigenvalue weighted by Gasteiger charge is -2.33. The molecule has 1 aromatic carbocycles. The van der Waals surface area contributed by atoms with Gasteiger partial charge < -0.3 is 15.7 Å². The number of aryl methyl sites for hydroxylation is 1. The van der Waals surface area contributed by atoms with Crippen LogP contribution in [-0.2, 0) is 22.6 Å². The highest BCUT2D eigenvalue weighted by atomic mass is 16.3. The SMILES string of the molecule is O=C(CCc1ccccc1)N[C@@H]1C[C@@H](C(=O)NCCn2ccnn2)CC[C@H]1O. The van der Waals surface area contributed by atoms with Crippen molar-refractivity contribution in [3.05, 3.63) is 48.3 Å². The largest absolute Gasteiger partial charge is 0.391 e. The summed E-state index contributed by atoms with van der Waals surface area (Å²) in [5.74, 6) is -0.353. The molecule has 3 atom stereocenters. The molecular weight excluding hydrogens is 358 g/mol. The number of carbonyl (C=O) groups excluding carboxylic acids is 2. The van der Waals surface area contributed by atoms with Crippen LogP contribution < -0.4 is 10.6 Å². The Bertz CT molecular complexity index is 750. The van der Waals surface area contributed by atoms with Gasteiger partial charge in [0.05, 0.1) is 24.9 Å². The second-order valence-electron chi connectivity index (χ2n) is 7.19. The van der Waals surface area contributed by atoms with Crippen LogP contribution in [0, 0.1) is 5.92 Å². The number of nitrogens with zero attached hydrogens (tertiary/aromatic N) is 3. The van der Waals surface area contributed by atoms with Gasteiger partial charge in [-0.1, -0.05) is 35.5 Å². The average molecular weight is 385 g/mol. The molecule has 0 aliphatic heterocycles. The minimum Gasteiger partial charge on any atom is -0.391 e. The van der Waals surface area contributed by atoms with Crippen LogP contribution in [0.1, 0.15) is 31.2 Å². The minimum atomic E-state index is -0.611. The fourth-order valence-corrected chi connectivity index (χ4v) is 3.52. The van der Waals surface area contributed by atoms with Crippen LogP contribution in [0.5, 0.6) is 0 Å². The zero-order chi connectivity index (χ0) is 19.8. The average Bonchev–Trinajstić information content (AvgIpc) is 3.22. The van der Waals surface area contributed by atoms with E-state index in [0.29, 0.717) is 45.2 Å². The van der Waals surface area contributed by atoms with Crippen molar-refractivity contribution in [2.24, 2.45) is 5.92 Å². The highest BCUT2D eigenvalue weighted by Gasteiger charge is 2.33. The Kier molecular flexibility index (Phi) is 7.13. The molecule has 8 heteroatoms. The van der Waals surface area contributed by atoms with Crippen molar-refractivity contribution in [2.45, 2.75) is 50.8 Å². The van der Waals surface area contributed by atoms with Gasteiger partial charge in [0.2, 0.25) is 11.8 Å². The monoisotopic (exact) mass is 385 g/mol. The standard InChI is InChI=1S/C20H27N5O3/c26-18-8-7-16(20(28)21-10-12-25-13-11-22-24-25)14-17(18)23-19(27)9-6-15-4-2-1-3-5-15/h1-5,11,13,16-18,26H,6-10,12,14H2,(H,21,28)(H,23,27)/t16-,17+,18+/m0/s1. The van der Waals surface area contributed by atoms with Gasteiger partial charge in [0.25, 0.3) is 0 Å². The molecule has 150 valence electrons. The number of amides is 2. The molecule has 0 unspecified atom stereocenters. The Morgan fingerprint density at radius 2 is 2.04 bits per heavy atom. The van der Waals surface area contributed by atoms with Gasteiger partial charge in [0.1, 0.15) is 0 Å². The first-order valence-corrected chi connectivity index (χ1v) is 9.75. The maximum atomic E-state index is 12.4. The highest BCUT2D eigenvalue weighted by Crippen LogP contribution is 2.25. The van der Waals surface area contributed by atoms with Crippen molar-refractivity contribution in [3.63, 3.8) is 0 Å². The lowest BCUT2D eigenvalue weighted by Crippen LogP contribution is -2.49. The molecule has 0 bridgehead atoms. The smallest absolute Gasteiger partial charge is 0.223 e. The van der Waals surface area contributed by atoms with Gasteiger partial charge in [-0.3, -0.25) is 14.3 Å². The van der Waals surface area contributed by atoms with E-state index in [1.807, 2.05) is 30.3 Å². The van der Waals surface area contributed by atoms with Gasteiger partial charge in [-0.2, -0.15) is 0 Å². The van der Waals surface area contributed by atoms with Crippen LogP contribution in [-0.4, -0.2) is 50.6 Å². The number of benzene rings is 1. The van der Waals surface area contributed by atoms with Crippen LogP contribution in [0.3, 0.4) is 0 Å². The van der Waals surface area contributed by atoms with Gasteiger partial charge in [0, 0.05) is 25.1 Å². The number of aliphatic hydroxyl groups is 1. The van der Waals surface area contributed by atoms with Crippen molar-refractivity contribution in [3.8, 4) is 0 Å². The van der Waals surface area contributed by atoms with Gasteiger partial charge in [-0.15, -0.1) is 5.10 Å². The number of rotatable bonds is 8. The third-order valence-electron chi connectivity index (χ3n) is 5.13. The summed E-state index contributed by atoms with van der Waals surface area (Å²) in [4.78, 5) is 24.7. The molecule has 8 nitrogen and oxygen atoms in total. The topological polar surface area (TPSA) is 109 Å². The maximum absolute atomic E-state index is 12.4. The summed E-state index contributed by atoms with van der Waals surface area (Å²) in [6.45, 7) is 1.02. The molecule has 1 fully saturated rings. The molecule has 0 saturated heterocycles. The first kappa shape index (κ1) is 20.0. The molecule has 0 spiro atoms. The summed E-state index contributed by atoms with van der Waals surface area (Å²) in [5, 5.41) is 23.6. The Labute approximate surface area is 164 Å². The highest BCUT2D eigenvalue weighted by molar-refractivity contribution is 5.79. The molecule has 3 N–H and O–H groups in total. The van der Waals surface area contributed by atoms with E-state index >= 15 is 0 Å². The first-order valence-electron chi connectivity index (χ1n) is 9.75. The number of hydrogen-bond acceptors (Lipinski definition) is 5. The van der Waals surface area contributed by atoms with E-state index in [1.54, 1.807) is 17.1 Å². The van der Waals surface area contributed by atoms with E-state index in [0.717, 1.165) is 5.56 Å². The summed E-state index contributed by atoms with van der Waals surface area (Å²) < 4.78 is 1.65. The van der Waals surface area contributed by atoms with E-state index in [2.05, 4.69) is 20.9 Å². The predicted octanol–water partition coefficient (Wildman–Crippen LogP) is 0.673. The third-order valence-corrected chi connectivity index (χ3v) is 5.13. The molecular formula is C20H27N5O3. The van der Waals surface area contributed by atoms with E-state index in [1.165, 1.54) is 0 Å². The van der Waals surface area contributed by atoms with Gasteiger partial charge in [0.15, 0.2) is 0 Å². The fourth-order valence-electron chi connectivity index (χ4n) is 3.52. The van der Waals surface area contributed by atoms with Crippen molar-refractivity contribution in [1.82, 2.24) is 25.6 Å². The zero-order valence-corrected chi connectivity index (χ0v) is 15.8. The van der Waals surface area contributed by atoms with Crippen molar-refractivity contribution in [2.75, 3.05) is 6.54 Å². The molecule has 3 rings (SSSR count). The quantitative estimate of drug-likeness (QED) is 0.619. The van der Waals surface area contributed by atoms with E-state index in [4.69, 9.17) is 0 Å². The minimum absolute atomic E-state index is 0.0458. The number of carbonyl (C=O) groups is 2. The fraction of sp³-hybridized carbons (Fsp3) is 0.500. The van der Waals surface area contributed by atoms with Gasteiger partial charge in [-0.25, -0.2) is 0 Å². The maximum Gasteiger partial charge on any atom is 0.223 e. The van der Waals surface area contributed by atoms with E-state index in [9.17, 15) is 14.7 Å². The summed E-state index contributed by atoms with van der Waals surface area (Å²) in [7, 11) is 0. The third kappa shape index (κ3) is 5.88. The molecule has 1 aromatic heterocycles. The van der Waals surface area contributed by atoms with Crippen molar-refractivity contribution < 1.29 is 14.7 Å². The van der Waals surface area contributed by atoms with Crippen molar-refractivity contribution >= 4 is 11.8 Å². The van der Waals surface area contributed by atoms with Crippen LogP contribution in [0.2, 0.25) is 0 Å². The summed E-state index contributed by atoms with van der Waals surface area (Å²) in [5.41, 5.74) is 1.10. The van der Waals surface area contributed by atoms with Crippen LogP contribution in [0.25, 0.3) is 0 Å². The lowest BCUT2D eigenvalue weighted by atomic mass is 9.83. The lowest BCUT2D eigenvalue weighted by molar-refractivity contribution is -0.129. The number of aromatic nitrogens is 3. The predicted molar refractivity (Wildman–Crippen MR) is 103 cm³/mol. The van der Waals surface area contributed by atoms with E-state index < -0.39 is 6.10 Å². The van der Waals surface area contributed by atoms with Crippen LogP contribution in [0.15, 0.2) is 42.7 Å². The summed E-state index contributed by atoms with van der Waals surface area (Å²) in [6.07, 6.45) is 5.31. The second-order valence-corrected chi connectivity index (χ2v) is 7.19. The molecule has 1 aliphatic rings. The molecule has 1 heterocycles. The van der Waals surface area contributed by atoms with E-state index in [-0.39, 0.29) is 23.8 Å². The molecule has 1 aliphatic carbocycles. The molecule has 0 radical (unpaired) electrons. The van der Waals surface area contributed by atoms with Crippen LogP contribution in [0.4, 0.5) is 0 Å². The molecule has 28 heavy (non-hydrogen) atoms. The Balaban J connectivity index is 1.42. The Morgan fingerprint density at radius 3 is 2.79 bits per heavy atom. The van der Waals surface area contributed by atoms with Crippen molar-refractivity contribution in [1.29, 1.82) is 0 Å². The van der Waals surface area contributed by atoms with Gasteiger partial charge >= 0.3 is 0 Å². The number of aliphatic hydroxyl groups excluding tert-OH is 1. The summed E-state index contributed by atoms with van der Waals surface area (Å²) in [6, 6.07) is 9.43. The second kappa shape index (κ2) is 9.98.